The van der Waals surface area contributed by atoms with Crippen molar-refractivity contribution in [2.75, 3.05) is 7.11 Å². The molecule has 0 bridgehead atoms. The van der Waals surface area contributed by atoms with Crippen molar-refractivity contribution in [1.82, 2.24) is 5.32 Å². The summed E-state index contributed by atoms with van der Waals surface area (Å²) in [5.74, 6) is 0.104. The maximum Gasteiger partial charge on any atom is 0.407 e. The van der Waals surface area contributed by atoms with E-state index in [0.29, 0.717) is 0 Å². The van der Waals surface area contributed by atoms with E-state index in [9.17, 15) is 4.79 Å². The number of carbonyl (C=O) groups excluding carboxylic acids is 1. The Bertz CT molecular complexity index is 210. The van der Waals surface area contributed by atoms with E-state index in [1.807, 2.05) is 0 Å². The summed E-state index contributed by atoms with van der Waals surface area (Å²) in [6, 6.07) is 2.32. The Morgan fingerprint density at radius 2 is 2.42 bits per heavy atom. The van der Waals surface area contributed by atoms with Gasteiger partial charge in [-0.25, -0.2) is 4.79 Å². The van der Waals surface area contributed by atoms with Crippen molar-refractivity contribution < 1.29 is 9.53 Å². The number of rotatable bonds is 1. The van der Waals surface area contributed by atoms with Crippen LogP contribution in [0.15, 0.2) is 0 Å². The first kappa shape index (κ1) is 8.85. The van der Waals surface area contributed by atoms with Gasteiger partial charge in [-0.15, -0.1) is 0 Å². The van der Waals surface area contributed by atoms with Gasteiger partial charge < -0.3 is 10.1 Å². The molecule has 0 heterocycles. The molecule has 0 saturated heterocycles. The Labute approximate surface area is 71.5 Å². The number of amides is 1. The zero-order valence-electron chi connectivity index (χ0n) is 7.04. The Morgan fingerprint density at radius 3 is 2.92 bits per heavy atom. The number of nitrogens with one attached hydrogen (secondary N) is 1. The molecule has 0 spiro atoms. The van der Waals surface area contributed by atoms with Crippen LogP contribution in [-0.4, -0.2) is 19.2 Å². The highest BCUT2D eigenvalue weighted by atomic mass is 16.5. The van der Waals surface area contributed by atoms with Gasteiger partial charge in [-0.05, 0) is 19.3 Å². The summed E-state index contributed by atoms with van der Waals surface area (Å²) in [6.07, 6.45) is 2.11. The van der Waals surface area contributed by atoms with Crippen LogP contribution in [0.1, 0.15) is 19.3 Å². The van der Waals surface area contributed by atoms with Crippen molar-refractivity contribution in [2.24, 2.45) is 5.92 Å². The first-order valence-electron chi connectivity index (χ1n) is 4.00. The summed E-state index contributed by atoms with van der Waals surface area (Å²) in [5, 5.41) is 11.3. The van der Waals surface area contributed by atoms with Crippen molar-refractivity contribution in [2.45, 2.75) is 25.3 Å². The molecule has 2 unspecified atom stereocenters. The molecule has 1 fully saturated rings. The van der Waals surface area contributed by atoms with E-state index in [2.05, 4.69) is 16.1 Å². The van der Waals surface area contributed by atoms with Crippen molar-refractivity contribution in [3.8, 4) is 6.07 Å². The van der Waals surface area contributed by atoms with Crippen molar-refractivity contribution >= 4 is 6.09 Å². The van der Waals surface area contributed by atoms with Crippen LogP contribution < -0.4 is 5.32 Å². The highest BCUT2D eigenvalue weighted by molar-refractivity contribution is 5.67. The maximum absolute atomic E-state index is 10.7. The topological polar surface area (TPSA) is 62.1 Å². The molecule has 1 N–H and O–H groups in total. The highest BCUT2D eigenvalue weighted by Crippen LogP contribution is 2.24. The summed E-state index contributed by atoms with van der Waals surface area (Å²) in [7, 11) is 1.34. The summed E-state index contributed by atoms with van der Waals surface area (Å²) >= 11 is 0. The first-order valence-corrected chi connectivity index (χ1v) is 4.00. The average molecular weight is 168 g/mol. The van der Waals surface area contributed by atoms with Crippen LogP contribution >= 0.6 is 0 Å². The van der Waals surface area contributed by atoms with Crippen LogP contribution in [0.5, 0.6) is 0 Å². The van der Waals surface area contributed by atoms with E-state index in [1.54, 1.807) is 0 Å². The van der Waals surface area contributed by atoms with Crippen LogP contribution in [0.2, 0.25) is 0 Å². The van der Waals surface area contributed by atoms with Gasteiger partial charge in [-0.1, -0.05) is 0 Å². The minimum absolute atomic E-state index is 0.104. The number of hydrogen-bond acceptors (Lipinski definition) is 3. The number of methoxy groups -OCH3 is 1. The lowest BCUT2D eigenvalue weighted by molar-refractivity contribution is 0.166. The molecule has 1 saturated carbocycles. The highest BCUT2D eigenvalue weighted by Gasteiger charge is 2.25. The third kappa shape index (κ3) is 2.12. The second kappa shape index (κ2) is 3.96. The van der Waals surface area contributed by atoms with Gasteiger partial charge in [0.25, 0.3) is 0 Å². The molecular formula is C8H12N2O2. The molecular weight excluding hydrogens is 156 g/mol. The summed E-state index contributed by atoms with van der Waals surface area (Å²) in [6.45, 7) is 0. The molecule has 2 atom stereocenters. The minimum atomic E-state index is -0.404. The van der Waals surface area contributed by atoms with Gasteiger partial charge in [0.2, 0.25) is 0 Å². The van der Waals surface area contributed by atoms with E-state index < -0.39 is 6.09 Å². The zero-order chi connectivity index (χ0) is 8.97. The third-order valence-electron chi connectivity index (χ3n) is 2.12. The predicted molar refractivity (Wildman–Crippen MR) is 42.3 cm³/mol. The number of nitriles is 1. The molecule has 12 heavy (non-hydrogen) atoms. The number of nitrogens with zero attached hydrogens (tertiary/aromatic N) is 1. The Kier molecular flexibility index (Phi) is 2.92. The molecule has 1 amide bonds. The number of alkyl carbamates (subject to hydrolysis) is 1. The van der Waals surface area contributed by atoms with Crippen molar-refractivity contribution in [3.05, 3.63) is 0 Å². The molecule has 0 aromatic carbocycles. The van der Waals surface area contributed by atoms with Gasteiger partial charge in [-0.2, -0.15) is 5.26 Å². The second-order valence-corrected chi connectivity index (χ2v) is 2.97. The van der Waals surface area contributed by atoms with Crippen LogP contribution in [-0.2, 0) is 4.74 Å². The van der Waals surface area contributed by atoms with E-state index in [4.69, 9.17) is 5.26 Å². The van der Waals surface area contributed by atoms with Crippen LogP contribution in [0.3, 0.4) is 0 Å². The van der Waals surface area contributed by atoms with Crippen LogP contribution in [0.25, 0.3) is 0 Å². The molecule has 1 rings (SSSR count). The maximum atomic E-state index is 10.7. The smallest absolute Gasteiger partial charge is 0.407 e. The van der Waals surface area contributed by atoms with Gasteiger partial charge >= 0.3 is 6.09 Å². The molecule has 66 valence electrons. The Hall–Kier alpha value is -1.24. The van der Waals surface area contributed by atoms with Crippen LogP contribution in [0.4, 0.5) is 4.79 Å². The first-order chi connectivity index (χ1) is 5.76. The molecule has 4 nitrogen and oxygen atoms in total. The molecule has 1 aliphatic rings. The van der Waals surface area contributed by atoms with Gasteiger partial charge in [-0.3, -0.25) is 0 Å². The lowest BCUT2D eigenvalue weighted by atomic mass is 10.1. The zero-order valence-corrected chi connectivity index (χ0v) is 7.04. The van der Waals surface area contributed by atoms with Crippen molar-refractivity contribution in [1.29, 1.82) is 5.26 Å². The van der Waals surface area contributed by atoms with E-state index in [-0.39, 0.29) is 12.0 Å². The SMILES string of the molecule is COC(=O)NC1CCC(C#N)C1. The molecule has 0 aromatic heterocycles. The van der Waals surface area contributed by atoms with Crippen LogP contribution in [0, 0.1) is 17.2 Å². The fraction of sp³-hybridized carbons (Fsp3) is 0.750. The lowest BCUT2D eigenvalue weighted by Gasteiger charge is -2.09. The Morgan fingerprint density at radius 1 is 1.67 bits per heavy atom. The third-order valence-corrected chi connectivity index (χ3v) is 2.12. The number of carbonyl (C=O) groups is 1. The molecule has 0 aliphatic heterocycles. The second-order valence-electron chi connectivity index (χ2n) is 2.97. The summed E-state index contributed by atoms with van der Waals surface area (Å²) in [4.78, 5) is 10.7. The molecule has 4 heteroatoms. The number of ether oxygens (including phenoxy) is 1. The van der Waals surface area contributed by atoms with Crippen molar-refractivity contribution in [3.63, 3.8) is 0 Å². The summed E-state index contributed by atoms with van der Waals surface area (Å²) < 4.78 is 4.45. The van der Waals surface area contributed by atoms with Gasteiger partial charge in [0, 0.05) is 12.0 Å². The minimum Gasteiger partial charge on any atom is -0.453 e. The lowest BCUT2D eigenvalue weighted by Crippen LogP contribution is -2.32. The summed E-state index contributed by atoms with van der Waals surface area (Å²) in [5.41, 5.74) is 0. The van der Waals surface area contributed by atoms with E-state index in [1.165, 1.54) is 7.11 Å². The predicted octanol–water partition coefficient (Wildman–Crippen LogP) is 1.03. The molecule has 0 radical (unpaired) electrons. The van der Waals surface area contributed by atoms with E-state index in [0.717, 1.165) is 19.3 Å². The normalized spacial score (nSPS) is 27.7. The monoisotopic (exact) mass is 168 g/mol. The standard InChI is InChI=1S/C8H12N2O2/c1-12-8(11)10-7-3-2-6(4-7)5-9/h6-7H,2-4H2,1H3,(H,10,11). The quantitative estimate of drug-likeness (QED) is 0.636. The van der Waals surface area contributed by atoms with Gasteiger partial charge in [0.15, 0.2) is 0 Å². The number of hydrogen-bond donors (Lipinski definition) is 1. The van der Waals surface area contributed by atoms with Gasteiger partial charge in [0.1, 0.15) is 0 Å². The largest absolute Gasteiger partial charge is 0.453 e. The average Bonchev–Trinajstić information content (AvgIpc) is 2.52. The van der Waals surface area contributed by atoms with E-state index >= 15 is 0 Å². The fourth-order valence-electron chi connectivity index (χ4n) is 1.46. The van der Waals surface area contributed by atoms with Gasteiger partial charge in [0.05, 0.1) is 13.2 Å². The Balaban J connectivity index is 2.29. The molecule has 1 aliphatic carbocycles. The molecule has 0 aromatic rings. The fourth-order valence-corrected chi connectivity index (χ4v) is 1.46.